The first-order chi connectivity index (χ1) is 15.8. The summed E-state index contributed by atoms with van der Waals surface area (Å²) in [6, 6.07) is 7.79. The summed E-state index contributed by atoms with van der Waals surface area (Å²) < 4.78 is 47.3. The Kier molecular flexibility index (Phi) is 7.05. The molecule has 0 aliphatic carbocycles. The molecule has 2 N–H and O–H groups in total. The molecule has 0 aliphatic heterocycles. The van der Waals surface area contributed by atoms with E-state index in [0.717, 1.165) is 6.07 Å². The van der Waals surface area contributed by atoms with E-state index in [1.54, 1.807) is 58.9 Å². The van der Waals surface area contributed by atoms with Crippen LogP contribution in [0.25, 0.3) is 10.9 Å². The normalized spacial score (nSPS) is 13.1. The van der Waals surface area contributed by atoms with Gasteiger partial charge in [0.05, 0.1) is 28.1 Å². The van der Waals surface area contributed by atoms with Gasteiger partial charge in [-0.2, -0.15) is 13.2 Å². The van der Waals surface area contributed by atoms with Crippen LogP contribution in [0.5, 0.6) is 0 Å². The first kappa shape index (κ1) is 25.3. The predicted octanol–water partition coefficient (Wildman–Crippen LogP) is 6.02. The third-order valence-corrected chi connectivity index (χ3v) is 5.21. The summed E-state index contributed by atoms with van der Waals surface area (Å²) in [6.07, 6.45) is -3.91. The maximum Gasteiger partial charge on any atom is 0.416 e. The van der Waals surface area contributed by atoms with E-state index in [4.69, 9.17) is 4.74 Å². The number of nitrogens with zero attached hydrogens (tertiary/aromatic N) is 1. The quantitative estimate of drug-likeness (QED) is 0.426. The molecule has 1 aromatic heterocycles. The number of benzene rings is 2. The first-order valence-electron chi connectivity index (χ1n) is 11.1. The van der Waals surface area contributed by atoms with Crippen molar-refractivity contribution in [1.29, 1.82) is 0 Å². The minimum absolute atomic E-state index is 0.00763. The lowest BCUT2D eigenvalue weighted by Crippen LogP contribution is -2.23. The van der Waals surface area contributed by atoms with Crippen LogP contribution in [0, 0.1) is 0 Å². The Balaban J connectivity index is 1.99. The maximum atomic E-state index is 14.0. The number of alkyl halides is 3. The van der Waals surface area contributed by atoms with E-state index >= 15 is 0 Å². The van der Waals surface area contributed by atoms with Crippen LogP contribution in [0.2, 0.25) is 0 Å². The molecule has 3 aromatic rings. The second kappa shape index (κ2) is 9.48. The van der Waals surface area contributed by atoms with Gasteiger partial charge in [0.1, 0.15) is 11.4 Å². The van der Waals surface area contributed by atoms with E-state index in [-0.39, 0.29) is 16.5 Å². The Morgan fingerprint density at radius 3 is 2.29 bits per heavy atom. The Morgan fingerprint density at radius 1 is 1.12 bits per heavy atom. The van der Waals surface area contributed by atoms with Gasteiger partial charge < -0.3 is 15.0 Å². The molecular formula is C25H28F3N3O3. The number of H-pyrrole nitrogens is 1. The molecule has 1 heterocycles. The lowest BCUT2D eigenvalue weighted by atomic mass is 9.95. The average molecular weight is 476 g/mol. The average Bonchev–Trinajstić information content (AvgIpc) is 2.75. The van der Waals surface area contributed by atoms with Crippen LogP contribution in [-0.4, -0.2) is 21.5 Å². The topological polar surface area (TPSA) is 84.1 Å². The summed E-state index contributed by atoms with van der Waals surface area (Å²) in [5.41, 5.74) is -1.14. The Bertz CT molecular complexity index is 1240. The second-order valence-electron chi connectivity index (χ2n) is 9.00. The van der Waals surface area contributed by atoms with Crippen molar-refractivity contribution in [3.63, 3.8) is 0 Å². The van der Waals surface area contributed by atoms with Crippen molar-refractivity contribution in [1.82, 2.24) is 9.97 Å². The van der Waals surface area contributed by atoms with Gasteiger partial charge in [-0.15, -0.1) is 0 Å². The van der Waals surface area contributed by atoms with Crippen LogP contribution in [0.15, 0.2) is 41.2 Å². The standard InChI is InChI=1S/C25H28F3N3O3/c1-6-19(29-15-10-8-14(9-11-15)23(33)34-24(3,4)5)16-12-17-20(13-18(16)25(26,27)28)30-21(7-2)31-22(17)32/h8-13,19,29H,6-7H2,1-5H3,(H,30,31,32). The molecule has 0 saturated carbocycles. The number of esters is 1. The van der Waals surface area contributed by atoms with Crippen molar-refractivity contribution < 1.29 is 22.7 Å². The van der Waals surface area contributed by atoms with E-state index in [0.29, 0.717) is 29.9 Å². The van der Waals surface area contributed by atoms with Gasteiger partial charge in [0.25, 0.3) is 5.56 Å². The summed E-state index contributed by atoms with van der Waals surface area (Å²) in [7, 11) is 0. The SMILES string of the molecule is CCc1nc2cc(C(F)(F)F)c(C(CC)Nc3ccc(C(=O)OC(C)(C)C)cc3)cc2c(=O)[nH]1. The fourth-order valence-corrected chi connectivity index (χ4v) is 3.59. The monoisotopic (exact) mass is 475 g/mol. The van der Waals surface area contributed by atoms with Gasteiger partial charge in [0.15, 0.2) is 0 Å². The molecule has 0 spiro atoms. The highest BCUT2D eigenvalue weighted by Crippen LogP contribution is 2.38. The fourth-order valence-electron chi connectivity index (χ4n) is 3.59. The zero-order valence-electron chi connectivity index (χ0n) is 19.8. The smallest absolute Gasteiger partial charge is 0.416 e. The van der Waals surface area contributed by atoms with Crippen molar-refractivity contribution >= 4 is 22.6 Å². The van der Waals surface area contributed by atoms with E-state index in [1.807, 2.05) is 0 Å². The van der Waals surface area contributed by atoms with E-state index < -0.39 is 34.9 Å². The molecule has 0 bridgehead atoms. The number of nitrogens with one attached hydrogen (secondary N) is 2. The van der Waals surface area contributed by atoms with Crippen LogP contribution in [0.4, 0.5) is 18.9 Å². The van der Waals surface area contributed by atoms with E-state index in [2.05, 4.69) is 15.3 Å². The van der Waals surface area contributed by atoms with Gasteiger partial charge in [0.2, 0.25) is 0 Å². The Morgan fingerprint density at radius 2 is 1.76 bits per heavy atom. The van der Waals surface area contributed by atoms with Gasteiger partial charge in [-0.1, -0.05) is 13.8 Å². The molecule has 0 aliphatic rings. The molecule has 9 heteroatoms. The lowest BCUT2D eigenvalue weighted by molar-refractivity contribution is -0.138. The van der Waals surface area contributed by atoms with Crippen LogP contribution in [0.3, 0.4) is 0 Å². The van der Waals surface area contributed by atoms with Crippen molar-refractivity contribution in [3.8, 4) is 0 Å². The van der Waals surface area contributed by atoms with Crippen molar-refractivity contribution in [3.05, 3.63) is 69.3 Å². The number of carbonyl (C=O) groups is 1. The number of anilines is 1. The highest BCUT2D eigenvalue weighted by Gasteiger charge is 2.36. The van der Waals surface area contributed by atoms with Gasteiger partial charge in [-0.05, 0) is 69.2 Å². The molecule has 34 heavy (non-hydrogen) atoms. The fraction of sp³-hybridized carbons (Fsp3) is 0.400. The van der Waals surface area contributed by atoms with Gasteiger partial charge in [-0.25, -0.2) is 9.78 Å². The van der Waals surface area contributed by atoms with E-state index in [1.165, 1.54) is 6.07 Å². The molecule has 0 amide bonds. The predicted molar refractivity (Wildman–Crippen MR) is 125 cm³/mol. The number of aromatic nitrogens is 2. The minimum atomic E-state index is -4.63. The van der Waals surface area contributed by atoms with Crippen LogP contribution < -0.4 is 10.9 Å². The number of ether oxygens (including phenoxy) is 1. The highest BCUT2D eigenvalue weighted by atomic mass is 19.4. The highest BCUT2D eigenvalue weighted by molar-refractivity contribution is 5.90. The molecule has 0 fully saturated rings. The van der Waals surface area contributed by atoms with Crippen LogP contribution in [-0.2, 0) is 17.3 Å². The van der Waals surface area contributed by atoms with Crippen molar-refractivity contribution in [2.45, 2.75) is 65.3 Å². The molecule has 1 atom stereocenters. The summed E-state index contributed by atoms with van der Waals surface area (Å²) in [6.45, 7) is 8.79. The van der Waals surface area contributed by atoms with Crippen molar-refractivity contribution in [2.75, 3.05) is 5.32 Å². The third-order valence-electron chi connectivity index (χ3n) is 5.21. The number of halogens is 3. The molecule has 3 rings (SSSR count). The Labute approximate surface area is 195 Å². The van der Waals surface area contributed by atoms with Crippen LogP contribution in [0.1, 0.15) is 74.4 Å². The number of carbonyl (C=O) groups excluding carboxylic acids is 1. The number of aromatic amines is 1. The number of rotatable bonds is 6. The third kappa shape index (κ3) is 5.76. The lowest BCUT2D eigenvalue weighted by Gasteiger charge is -2.24. The second-order valence-corrected chi connectivity index (χ2v) is 9.00. The maximum absolute atomic E-state index is 14.0. The van der Waals surface area contributed by atoms with Gasteiger partial charge >= 0.3 is 12.1 Å². The number of fused-ring (bicyclic) bond motifs is 1. The summed E-state index contributed by atoms with van der Waals surface area (Å²) in [5.74, 6) is -0.160. The van der Waals surface area contributed by atoms with Crippen molar-refractivity contribution in [2.24, 2.45) is 0 Å². The molecule has 0 radical (unpaired) electrons. The molecule has 182 valence electrons. The van der Waals surface area contributed by atoms with Gasteiger partial charge in [0, 0.05) is 12.1 Å². The molecule has 6 nitrogen and oxygen atoms in total. The summed E-state index contributed by atoms with van der Waals surface area (Å²) >= 11 is 0. The minimum Gasteiger partial charge on any atom is -0.456 e. The van der Waals surface area contributed by atoms with E-state index in [9.17, 15) is 22.8 Å². The first-order valence-corrected chi connectivity index (χ1v) is 11.1. The largest absolute Gasteiger partial charge is 0.456 e. The van der Waals surface area contributed by atoms with Crippen LogP contribution >= 0.6 is 0 Å². The number of hydrogen-bond donors (Lipinski definition) is 2. The number of hydrogen-bond acceptors (Lipinski definition) is 5. The molecular weight excluding hydrogens is 447 g/mol. The zero-order valence-corrected chi connectivity index (χ0v) is 19.8. The number of aryl methyl sites for hydroxylation is 1. The summed E-state index contributed by atoms with van der Waals surface area (Å²) in [4.78, 5) is 31.5. The molecule has 2 aromatic carbocycles. The zero-order chi connectivity index (χ0) is 25.3. The summed E-state index contributed by atoms with van der Waals surface area (Å²) in [5, 5.41) is 3.19. The van der Waals surface area contributed by atoms with Gasteiger partial charge in [-0.3, -0.25) is 4.79 Å². The molecule has 1 unspecified atom stereocenters. The molecule has 0 saturated heterocycles. The Hall–Kier alpha value is -3.36.